The van der Waals surface area contributed by atoms with Gasteiger partial charge in [0.2, 0.25) is 5.91 Å². The summed E-state index contributed by atoms with van der Waals surface area (Å²) in [5.41, 5.74) is 6.80. The van der Waals surface area contributed by atoms with E-state index in [-0.39, 0.29) is 5.91 Å². The third-order valence-electron chi connectivity index (χ3n) is 7.26. The summed E-state index contributed by atoms with van der Waals surface area (Å²) in [6.45, 7) is 1.94. The van der Waals surface area contributed by atoms with Crippen LogP contribution in [0.2, 0.25) is 0 Å². The van der Waals surface area contributed by atoms with Crippen molar-refractivity contribution < 1.29 is 4.79 Å². The molecule has 1 fully saturated rings. The molecule has 0 bridgehead atoms. The number of carbonyl (C=O) groups excluding carboxylic acids is 1. The van der Waals surface area contributed by atoms with Gasteiger partial charge in [0, 0.05) is 41.5 Å². The van der Waals surface area contributed by atoms with Gasteiger partial charge in [-0.25, -0.2) is 4.98 Å². The predicted octanol–water partition coefficient (Wildman–Crippen LogP) is 4.35. The summed E-state index contributed by atoms with van der Waals surface area (Å²) >= 11 is 0. The molecular formula is C29H26N10O. The van der Waals surface area contributed by atoms with Crippen molar-refractivity contribution in [3.8, 4) is 34.0 Å². The highest BCUT2D eigenvalue weighted by Gasteiger charge is 2.19. The highest BCUT2D eigenvalue weighted by molar-refractivity contribution is 5.97. The smallest absolute Gasteiger partial charge is 0.224 e. The average molecular weight is 531 g/mol. The number of carbonyl (C=O) groups is 1. The van der Waals surface area contributed by atoms with E-state index in [9.17, 15) is 4.79 Å². The van der Waals surface area contributed by atoms with Crippen molar-refractivity contribution >= 4 is 33.5 Å². The van der Waals surface area contributed by atoms with Crippen LogP contribution in [0.1, 0.15) is 19.3 Å². The van der Waals surface area contributed by atoms with Gasteiger partial charge in [-0.05, 0) is 56.1 Å². The zero-order valence-corrected chi connectivity index (χ0v) is 21.6. The molecule has 6 aromatic heterocycles. The maximum Gasteiger partial charge on any atom is 0.224 e. The Balaban J connectivity index is 1.19. The van der Waals surface area contributed by atoms with E-state index >= 15 is 0 Å². The Hall–Kier alpha value is -5.03. The van der Waals surface area contributed by atoms with Crippen LogP contribution in [0.3, 0.4) is 0 Å². The second-order valence-electron chi connectivity index (χ2n) is 9.98. The fourth-order valence-electron chi connectivity index (χ4n) is 5.22. The van der Waals surface area contributed by atoms with E-state index in [1.54, 1.807) is 37.2 Å². The molecule has 0 unspecified atom stereocenters. The van der Waals surface area contributed by atoms with Crippen LogP contribution in [0.25, 0.3) is 56.0 Å². The van der Waals surface area contributed by atoms with Gasteiger partial charge in [-0.2, -0.15) is 5.10 Å². The molecule has 0 atom stereocenters. The quantitative estimate of drug-likeness (QED) is 0.248. The van der Waals surface area contributed by atoms with Crippen molar-refractivity contribution in [1.29, 1.82) is 0 Å². The Morgan fingerprint density at radius 1 is 0.950 bits per heavy atom. The third kappa shape index (κ3) is 4.67. The third-order valence-corrected chi connectivity index (χ3v) is 7.26. The van der Waals surface area contributed by atoms with Gasteiger partial charge < -0.3 is 15.6 Å². The van der Waals surface area contributed by atoms with E-state index in [1.165, 1.54) is 0 Å². The van der Waals surface area contributed by atoms with Gasteiger partial charge >= 0.3 is 0 Å². The van der Waals surface area contributed by atoms with Gasteiger partial charge in [0.15, 0.2) is 5.82 Å². The number of rotatable bonds is 6. The Labute approximate surface area is 228 Å². The van der Waals surface area contributed by atoms with E-state index in [1.807, 2.05) is 30.3 Å². The molecule has 6 aromatic rings. The summed E-state index contributed by atoms with van der Waals surface area (Å²) < 4.78 is 0. The van der Waals surface area contributed by atoms with Gasteiger partial charge in [0.25, 0.3) is 0 Å². The second-order valence-corrected chi connectivity index (χ2v) is 9.98. The van der Waals surface area contributed by atoms with E-state index in [4.69, 9.17) is 4.98 Å². The second kappa shape index (κ2) is 10.3. The van der Waals surface area contributed by atoms with Crippen LogP contribution in [0.4, 0.5) is 5.69 Å². The number of pyridine rings is 4. The molecule has 1 aliphatic heterocycles. The normalized spacial score (nSPS) is 14.1. The summed E-state index contributed by atoms with van der Waals surface area (Å²) in [7, 11) is 0. The van der Waals surface area contributed by atoms with Gasteiger partial charge in [-0.15, -0.1) is 0 Å². The number of anilines is 1. The lowest BCUT2D eigenvalue weighted by molar-refractivity contribution is -0.117. The molecule has 0 aromatic carbocycles. The maximum absolute atomic E-state index is 12.7. The lowest BCUT2D eigenvalue weighted by atomic mass is 9.94. The molecule has 0 aliphatic carbocycles. The number of amides is 1. The van der Waals surface area contributed by atoms with Gasteiger partial charge in [0.1, 0.15) is 11.2 Å². The van der Waals surface area contributed by atoms with Gasteiger partial charge in [-0.3, -0.25) is 29.8 Å². The first-order chi connectivity index (χ1) is 19.7. The fraction of sp³-hybridized carbons (Fsp3) is 0.207. The minimum Gasteiger partial charge on any atom is -0.335 e. The highest BCUT2D eigenvalue weighted by Crippen LogP contribution is 2.32. The molecule has 40 heavy (non-hydrogen) atoms. The van der Waals surface area contributed by atoms with Gasteiger partial charge in [0.05, 0.1) is 46.7 Å². The highest BCUT2D eigenvalue weighted by atomic mass is 16.1. The molecule has 198 valence electrons. The van der Waals surface area contributed by atoms with Crippen LogP contribution in [0.5, 0.6) is 0 Å². The number of nitrogens with zero attached hydrogens (tertiary/aromatic N) is 6. The SMILES string of the molecule is O=C(CC1CCNCC1)Nc1cncc(-c2cc3c(-c4nc5c(-c6ccccn6)cncc5[nH]4)n[nH]c3cn2)c1. The van der Waals surface area contributed by atoms with Crippen molar-refractivity contribution in [3.63, 3.8) is 0 Å². The van der Waals surface area contributed by atoms with Crippen LogP contribution >= 0.6 is 0 Å². The molecule has 7 rings (SSSR count). The zero-order valence-electron chi connectivity index (χ0n) is 21.6. The van der Waals surface area contributed by atoms with Crippen molar-refractivity contribution in [2.45, 2.75) is 19.3 Å². The van der Waals surface area contributed by atoms with E-state index < -0.39 is 0 Å². The molecule has 1 amide bonds. The number of H-pyrrole nitrogens is 2. The molecule has 1 saturated heterocycles. The molecule has 4 N–H and O–H groups in total. The number of imidazole rings is 1. The molecule has 0 spiro atoms. The number of fused-ring (bicyclic) bond motifs is 2. The number of piperidine rings is 1. The molecule has 0 radical (unpaired) electrons. The van der Waals surface area contributed by atoms with Crippen LogP contribution < -0.4 is 10.6 Å². The first kappa shape index (κ1) is 24.0. The molecule has 1 aliphatic rings. The number of hydrogen-bond donors (Lipinski definition) is 4. The van der Waals surface area contributed by atoms with Crippen molar-refractivity contribution in [2.75, 3.05) is 18.4 Å². The standard InChI is InChI=1S/C29H26N10O/c40-26(9-17-4-7-30-8-5-17)35-19-10-18(12-31-13-19)23-11-20-24(16-34-23)38-39-28(20)29-36-25-15-32-14-21(27(25)37-29)22-3-1-2-6-33-22/h1-3,6,10-17,30H,4-5,7-9H2,(H,35,40)(H,36,37)(H,38,39). The Morgan fingerprint density at radius 3 is 2.73 bits per heavy atom. The monoisotopic (exact) mass is 530 g/mol. The number of aromatic nitrogens is 8. The van der Waals surface area contributed by atoms with E-state index in [0.717, 1.165) is 64.7 Å². The minimum absolute atomic E-state index is 0.0100. The Bertz CT molecular complexity index is 1820. The summed E-state index contributed by atoms with van der Waals surface area (Å²) in [6, 6.07) is 9.60. The first-order valence-electron chi connectivity index (χ1n) is 13.3. The summed E-state index contributed by atoms with van der Waals surface area (Å²) in [4.78, 5) is 38.7. The molecule has 11 heteroatoms. The summed E-state index contributed by atoms with van der Waals surface area (Å²) in [6.07, 6.45) is 13.0. The van der Waals surface area contributed by atoms with Crippen molar-refractivity contribution in [1.82, 2.24) is 45.4 Å². The number of aromatic amines is 2. The summed E-state index contributed by atoms with van der Waals surface area (Å²) in [5.74, 6) is 1.03. The molecule has 7 heterocycles. The van der Waals surface area contributed by atoms with Crippen LogP contribution in [-0.2, 0) is 4.79 Å². The predicted molar refractivity (Wildman–Crippen MR) is 152 cm³/mol. The molecule has 0 saturated carbocycles. The lowest BCUT2D eigenvalue weighted by Gasteiger charge is -2.21. The maximum atomic E-state index is 12.7. The van der Waals surface area contributed by atoms with Crippen LogP contribution in [0.15, 0.2) is 67.5 Å². The largest absolute Gasteiger partial charge is 0.335 e. The first-order valence-corrected chi connectivity index (χ1v) is 13.3. The number of nitrogens with one attached hydrogen (secondary N) is 4. The number of hydrogen-bond acceptors (Lipinski definition) is 8. The molecular weight excluding hydrogens is 504 g/mol. The van der Waals surface area contributed by atoms with E-state index in [2.05, 4.69) is 45.8 Å². The van der Waals surface area contributed by atoms with Crippen molar-refractivity contribution in [2.24, 2.45) is 5.92 Å². The topological polar surface area (TPSA) is 150 Å². The summed E-state index contributed by atoms with van der Waals surface area (Å²) in [5, 5.41) is 14.8. The fourth-order valence-corrected chi connectivity index (χ4v) is 5.22. The van der Waals surface area contributed by atoms with Crippen molar-refractivity contribution in [3.05, 3.63) is 67.5 Å². The van der Waals surface area contributed by atoms with Crippen LogP contribution in [-0.4, -0.2) is 59.1 Å². The molecule has 11 nitrogen and oxygen atoms in total. The Kier molecular flexibility index (Phi) is 6.17. The van der Waals surface area contributed by atoms with E-state index in [0.29, 0.717) is 35.2 Å². The minimum atomic E-state index is 0.0100. The van der Waals surface area contributed by atoms with Crippen LogP contribution in [0, 0.1) is 5.92 Å². The van der Waals surface area contributed by atoms with Gasteiger partial charge in [-0.1, -0.05) is 6.07 Å². The lowest BCUT2D eigenvalue weighted by Crippen LogP contribution is -2.30. The zero-order chi connectivity index (χ0) is 26.9. The Morgan fingerprint density at radius 2 is 1.85 bits per heavy atom. The average Bonchev–Trinajstić information content (AvgIpc) is 3.62.